The molecule has 1 heterocycles. The maximum absolute atomic E-state index is 12.7. The molecular weight excluding hydrogens is 277 g/mol. The minimum absolute atomic E-state index is 0.449. The molecule has 1 aromatic carbocycles. The lowest BCUT2D eigenvalue weighted by Gasteiger charge is -2.07. The molecule has 0 aliphatic heterocycles. The third-order valence-electron chi connectivity index (χ3n) is 3.12. The number of rotatable bonds is 3. The maximum Gasteiger partial charge on any atom is 0.416 e. The molecule has 1 N–H and O–H groups in total. The molecule has 0 aliphatic rings. The van der Waals surface area contributed by atoms with Gasteiger partial charge in [-0.3, -0.25) is 0 Å². The van der Waals surface area contributed by atoms with Crippen LogP contribution in [0.1, 0.15) is 25.2 Å². The molecule has 0 unspecified atom stereocenters. The van der Waals surface area contributed by atoms with E-state index in [2.05, 4.69) is 16.5 Å². The van der Waals surface area contributed by atoms with Crippen LogP contribution in [0.15, 0.2) is 48.2 Å². The molecule has 0 amide bonds. The fraction of sp³-hybridized carbons (Fsp3) is 0.188. The predicted molar refractivity (Wildman–Crippen MR) is 77.5 cm³/mol. The van der Waals surface area contributed by atoms with E-state index in [1.165, 1.54) is 12.3 Å². The second-order valence-corrected chi connectivity index (χ2v) is 4.87. The Kier molecular flexibility index (Phi) is 4.02. The molecule has 0 aliphatic carbocycles. The molecule has 0 radical (unpaired) electrons. The van der Waals surface area contributed by atoms with Crippen molar-refractivity contribution in [2.24, 2.45) is 0 Å². The Bertz CT molecular complexity index is 694. The summed E-state index contributed by atoms with van der Waals surface area (Å²) >= 11 is 0. The lowest BCUT2D eigenvalue weighted by molar-refractivity contribution is -0.137. The number of nitrogens with one attached hydrogen (secondary N) is 1. The summed E-state index contributed by atoms with van der Waals surface area (Å²) in [5.41, 5.74) is 2.18. The Hall–Kier alpha value is -2.30. The van der Waals surface area contributed by atoms with E-state index in [1.54, 1.807) is 12.1 Å². The Labute approximate surface area is 121 Å². The Morgan fingerprint density at radius 2 is 2.00 bits per heavy atom. The molecular formula is C16H15F3N2. The summed E-state index contributed by atoms with van der Waals surface area (Å²) in [6, 6.07) is 5.15. The average molecular weight is 292 g/mol. The maximum atomic E-state index is 12.7. The summed E-state index contributed by atoms with van der Waals surface area (Å²) in [5.74, 6) is 0.586. The zero-order chi connectivity index (χ0) is 15.6. The zero-order valence-corrected chi connectivity index (χ0v) is 11.8. The van der Waals surface area contributed by atoms with Crippen molar-refractivity contribution in [3.63, 3.8) is 0 Å². The summed E-state index contributed by atoms with van der Waals surface area (Å²) in [6.45, 7) is 7.59. The van der Waals surface area contributed by atoms with Crippen molar-refractivity contribution >= 4 is 6.08 Å². The van der Waals surface area contributed by atoms with Gasteiger partial charge in [-0.15, -0.1) is 0 Å². The van der Waals surface area contributed by atoms with E-state index >= 15 is 0 Å². The van der Waals surface area contributed by atoms with Crippen LogP contribution in [-0.4, -0.2) is 9.97 Å². The van der Waals surface area contributed by atoms with Gasteiger partial charge in [0.2, 0.25) is 0 Å². The van der Waals surface area contributed by atoms with Crippen molar-refractivity contribution in [2.75, 3.05) is 0 Å². The van der Waals surface area contributed by atoms with Crippen molar-refractivity contribution in [1.29, 1.82) is 0 Å². The van der Waals surface area contributed by atoms with E-state index in [1.807, 2.05) is 13.8 Å². The van der Waals surface area contributed by atoms with E-state index in [9.17, 15) is 13.2 Å². The van der Waals surface area contributed by atoms with Gasteiger partial charge >= 0.3 is 6.18 Å². The van der Waals surface area contributed by atoms with Crippen molar-refractivity contribution in [3.8, 4) is 11.3 Å². The minimum Gasteiger partial charge on any atom is -0.338 e. The summed E-state index contributed by atoms with van der Waals surface area (Å²) in [6.07, 6.45) is -1.03. The van der Waals surface area contributed by atoms with Gasteiger partial charge in [-0.05, 0) is 37.6 Å². The van der Waals surface area contributed by atoms with Gasteiger partial charge in [0.1, 0.15) is 5.82 Å². The fourth-order valence-electron chi connectivity index (χ4n) is 1.75. The van der Waals surface area contributed by atoms with Crippen LogP contribution in [0.5, 0.6) is 0 Å². The van der Waals surface area contributed by atoms with Gasteiger partial charge in [0.25, 0.3) is 0 Å². The van der Waals surface area contributed by atoms with Crippen molar-refractivity contribution in [3.05, 3.63) is 59.6 Å². The number of allylic oxidation sites excluding steroid dienone is 2. The van der Waals surface area contributed by atoms with Gasteiger partial charge in [0.05, 0.1) is 17.5 Å². The predicted octanol–water partition coefficient (Wildman–Crippen LogP) is 5.07. The lowest BCUT2D eigenvalue weighted by atomic mass is 10.1. The average Bonchev–Trinajstić information content (AvgIpc) is 2.86. The van der Waals surface area contributed by atoms with E-state index in [0.717, 1.165) is 23.3 Å². The van der Waals surface area contributed by atoms with Crippen molar-refractivity contribution < 1.29 is 13.2 Å². The smallest absolute Gasteiger partial charge is 0.338 e. The molecule has 1 aromatic heterocycles. The molecule has 2 rings (SSSR count). The lowest BCUT2D eigenvalue weighted by Crippen LogP contribution is -2.04. The molecule has 0 bridgehead atoms. The third-order valence-corrected chi connectivity index (χ3v) is 3.12. The molecule has 0 fully saturated rings. The molecule has 0 saturated carbocycles. The highest BCUT2D eigenvalue weighted by Crippen LogP contribution is 2.31. The monoisotopic (exact) mass is 292 g/mol. The Balaban J connectivity index is 2.34. The number of aromatic amines is 1. The van der Waals surface area contributed by atoms with Gasteiger partial charge in [-0.1, -0.05) is 24.3 Å². The number of hydrogen-bond acceptors (Lipinski definition) is 1. The topological polar surface area (TPSA) is 28.7 Å². The summed E-state index contributed by atoms with van der Waals surface area (Å²) in [7, 11) is 0. The minimum atomic E-state index is -4.35. The van der Waals surface area contributed by atoms with Gasteiger partial charge in [-0.25, -0.2) is 4.98 Å². The number of nitrogens with zero attached hydrogens (tertiary/aromatic N) is 1. The number of imidazole rings is 1. The summed E-state index contributed by atoms with van der Waals surface area (Å²) in [4.78, 5) is 7.15. The SMILES string of the molecule is C=C(C)/C(C)=C\c1ncc(-c2cccc(C(F)(F)F)c2)[nH]1. The van der Waals surface area contributed by atoms with Crippen LogP contribution in [-0.2, 0) is 6.18 Å². The third kappa shape index (κ3) is 3.62. The van der Waals surface area contributed by atoms with E-state index < -0.39 is 11.7 Å². The standard InChI is InChI=1S/C16H15F3N2/c1-10(2)11(3)7-15-20-9-14(21-15)12-5-4-6-13(8-12)16(17,18)19/h4-9H,1H2,2-3H3,(H,20,21)/b11-7-. The first kappa shape index (κ1) is 15.1. The molecule has 2 aromatic rings. The molecule has 21 heavy (non-hydrogen) atoms. The molecule has 5 heteroatoms. The van der Waals surface area contributed by atoms with Crippen LogP contribution >= 0.6 is 0 Å². The van der Waals surface area contributed by atoms with Crippen LogP contribution in [0.3, 0.4) is 0 Å². The normalized spacial score (nSPS) is 12.5. The largest absolute Gasteiger partial charge is 0.416 e. The Morgan fingerprint density at radius 1 is 1.29 bits per heavy atom. The number of halogens is 3. The quantitative estimate of drug-likeness (QED) is 0.786. The number of hydrogen-bond donors (Lipinski definition) is 1. The summed E-state index contributed by atoms with van der Waals surface area (Å²) in [5, 5.41) is 0. The second kappa shape index (κ2) is 5.60. The number of alkyl halides is 3. The van der Waals surface area contributed by atoms with E-state index in [4.69, 9.17) is 0 Å². The molecule has 0 spiro atoms. The molecule has 2 nitrogen and oxygen atoms in total. The highest BCUT2D eigenvalue weighted by Gasteiger charge is 2.30. The molecule has 0 atom stereocenters. The van der Waals surface area contributed by atoms with Crippen molar-refractivity contribution in [2.45, 2.75) is 20.0 Å². The van der Waals surface area contributed by atoms with Gasteiger partial charge in [0.15, 0.2) is 0 Å². The van der Waals surface area contributed by atoms with Gasteiger partial charge in [0, 0.05) is 5.56 Å². The van der Waals surface area contributed by atoms with E-state index in [-0.39, 0.29) is 0 Å². The van der Waals surface area contributed by atoms with Crippen molar-refractivity contribution in [1.82, 2.24) is 9.97 Å². The highest BCUT2D eigenvalue weighted by atomic mass is 19.4. The first-order valence-electron chi connectivity index (χ1n) is 6.34. The van der Waals surface area contributed by atoms with Gasteiger partial charge < -0.3 is 4.98 Å². The highest BCUT2D eigenvalue weighted by molar-refractivity contribution is 5.62. The number of H-pyrrole nitrogens is 1. The second-order valence-electron chi connectivity index (χ2n) is 4.87. The van der Waals surface area contributed by atoms with E-state index in [0.29, 0.717) is 17.1 Å². The van der Waals surface area contributed by atoms with Crippen LogP contribution < -0.4 is 0 Å². The van der Waals surface area contributed by atoms with Crippen LogP contribution in [0.4, 0.5) is 13.2 Å². The number of aromatic nitrogens is 2. The van der Waals surface area contributed by atoms with Crippen LogP contribution in [0.25, 0.3) is 17.3 Å². The molecule has 110 valence electrons. The Morgan fingerprint density at radius 3 is 2.62 bits per heavy atom. The van der Waals surface area contributed by atoms with Gasteiger partial charge in [-0.2, -0.15) is 13.2 Å². The summed E-state index contributed by atoms with van der Waals surface area (Å²) < 4.78 is 38.1. The molecule has 0 saturated heterocycles. The zero-order valence-electron chi connectivity index (χ0n) is 11.8. The van der Waals surface area contributed by atoms with Crippen LogP contribution in [0.2, 0.25) is 0 Å². The first-order chi connectivity index (χ1) is 9.77. The number of benzene rings is 1. The first-order valence-corrected chi connectivity index (χ1v) is 6.34. The van der Waals surface area contributed by atoms with Crippen LogP contribution in [0, 0.1) is 0 Å². The fourth-order valence-corrected chi connectivity index (χ4v) is 1.75.